The first-order valence-electron chi connectivity index (χ1n) is 3.33. The number of nitrogens with zero attached hydrogens (tertiary/aromatic N) is 1. The normalized spacial score (nSPS) is 9.17. The van der Waals surface area contributed by atoms with Gasteiger partial charge in [0.2, 0.25) is 0 Å². The maximum absolute atomic E-state index is 10.8. The Morgan fingerprint density at radius 1 is 1.58 bits per heavy atom. The van der Waals surface area contributed by atoms with Crippen LogP contribution in [0.3, 0.4) is 0 Å². The van der Waals surface area contributed by atoms with Crippen LogP contribution in [-0.4, -0.2) is 18.1 Å². The van der Waals surface area contributed by atoms with Gasteiger partial charge in [0.05, 0.1) is 0 Å². The summed E-state index contributed by atoms with van der Waals surface area (Å²) in [6, 6.07) is 4.68. The molecule has 2 N–H and O–H groups in total. The molecular formula is C7H8ClN3O. The van der Waals surface area contributed by atoms with Gasteiger partial charge in [0.25, 0.3) is 0 Å². The lowest BCUT2D eigenvalue weighted by molar-refractivity contribution is 0.254. The first-order chi connectivity index (χ1) is 5.72. The Balaban J connectivity index is 2.69. The van der Waals surface area contributed by atoms with Crippen LogP contribution < -0.4 is 10.6 Å². The molecule has 0 fully saturated rings. The highest BCUT2D eigenvalue weighted by Crippen LogP contribution is 2.08. The highest BCUT2D eigenvalue weighted by atomic mass is 35.5. The Morgan fingerprint density at radius 2 is 2.33 bits per heavy atom. The van der Waals surface area contributed by atoms with Gasteiger partial charge in [-0.05, 0) is 12.1 Å². The monoisotopic (exact) mass is 185 g/mol. The lowest BCUT2D eigenvalue weighted by atomic mass is 10.5. The molecule has 64 valence electrons. The average Bonchev–Trinajstić information content (AvgIpc) is 2.04. The fourth-order valence-electron chi connectivity index (χ4n) is 0.657. The van der Waals surface area contributed by atoms with Crippen molar-refractivity contribution in [1.82, 2.24) is 10.3 Å². The molecule has 0 spiro atoms. The molecule has 1 aromatic heterocycles. The Hall–Kier alpha value is -1.29. The van der Waals surface area contributed by atoms with E-state index >= 15 is 0 Å². The van der Waals surface area contributed by atoms with Crippen molar-refractivity contribution in [3.05, 3.63) is 23.4 Å². The molecule has 0 unspecified atom stereocenters. The number of carbonyl (C=O) groups is 1. The lowest BCUT2D eigenvalue weighted by Gasteiger charge is -2.02. The number of hydrogen-bond acceptors (Lipinski definition) is 2. The largest absolute Gasteiger partial charge is 0.341 e. The summed E-state index contributed by atoms with van der Waals surface area (Å²) in [4.78, 5) is 14.6. The molecular weight excluding hydrogens is 178 g/mol. The van der Waals surface area contributed by atoms with E-state index in [1.165, 1.54) is 7.05 Å². The summed E-state index contributed by atoms with van der Waals surface area (Å²) in [6.07, 6.45) is 0. The molecule has 0 aliphatic rings. The number of anilines is 1. The molecule has 0 aromatic carbocycles. The van der Waals surface area contributed by atoms with Gasteiger partial charge in [-0.15, -0.1) is 0 Å². The van der Waals surface area contributed by atoms with E-state index in [1.807, 2.05) is 0 Å². The van der Waals surface area contributed by atoms with E-state index < -0.39 is 0 Å². The van der Waals surface area contributed by atoms with Crippen LogP contribution in [0.1, 0.15) is 0 Å². The number of urea groups is 1. The molecule has 5 heteroatoms. The average molecular weight is 186 g/mol. The summed E-state index contributed by atoms with van der Waals surface area (Å²) in [5.41, 5.74) is 0. The van der Waals surface area contributed by atoms with E-state index in [1.54, 1.807) is 18.2 Å². The lowest BCUT2D eigenvalue weighted by Crippen LogP contribution is -2.24. The first-order valence-corrected chi connectivity index (χ1v) is 3.71. The predicted molar refractivity (Wildman–Crippen MR) is 47.3 cm³/mol. The molecule has 0 bridgehead atoms. The molecule has 0 aliphatic carbocycles. The Labute approximate surface area is 74.9 Å². The number of rotatable bonds is 1. The Kier molecular flexibility index (Phi) is 2.88. The van der Waals surface area contributed by atoms with E-state index in [0.717, 1.165) is 0 Å². The van der Waals surface area contributed by atoms with Crippen LogP contribution in [0.15, 0.2) is 18.2 Å². The van der Waals surface area contributed by atoms with E-state index in [-0.39, 0.29) is 6.03 Å². The molecule has 12 heavy (non-hydrogen) atoms. The summed E-state index contributed by atoms with van der Waals surface area (Å²) < 4.78 is 0. The minimum absolute atomic E-state index is 0.315. The van der Waals surface area contributed by atoms with Gasteiger partial charge in [-0.25, -0.2) is 9.78 Å². The van der Waals surface area contributed by atoms with Crippen molar-refractivity contribution in [3.63, 3.8) is 0 Å². The van der Waals surface area contributed by atoms with Gasteiger partial charge < -0.3 is 5.32 Å². The van der Waals surface area contributed by atoms with Crippen molar-refractivity contribution in [2.75, 3.05) is 12.4 Å². The molecule has 0 atom stereocenters. The van der Waals surface area contributed by atoms with E-state index in [4.69, 9.17) is 11.6 Å². The van der Waals surface area contributed by atoms with E-state index in [0.29, 0.717) is 11.0 Å². The van der Waals surface area contributed by atoms with Gasteiger partial charge in [-0.3, -0.25) is 5.32 Å². The minimum atomic E-state index is -0.315. The number of halogens is 1. The summed E-state index contributed by atoms with van der Waals surface area (Å²) >= 11 is 5.59. The van der Waals surface area contributed by atoms with Crippen molar-refractivity contribution >= 4 is 23.4 Å². The number of aromatic nitrogens is 1. The van der Waals surface area contributed by atoms with Gasteiger partial charge in [0.1, 0.15) is 11.0 Å². The van der Waals surface area contributed by atoms with Gasteiger partial charge in [-0.2, -0.15) is 0 Å². The van der Waals surface area contributed by atoms with Gasteiger partial charge in [0, 0.05) is 7.05 Å². The quantitative estimate of drug-likeness (QED) is 0.652. The standard InChI is InChI=1S/C7H8ClN3O/c1-9-7(12)11-6-4-2-3-5(8)10-6/h2-4H,1H3,(H2,9,10,11,12). The highest BCUT2D eigenvalue weighted by Gasteiger charge is 1.98. The molecule has 4 nitrogen and oxygen atoms in total. The number of pyridine rings is 1. The number of hydrogen-bond donors (Lipinski definition) is 2. The second-order valence-electron chi connectivity index (χ2n) is 2.05. The third-order valence-electron chi connectivity index (χ3n) is 1.18. The van der Waals surface area contributed by atoms with Crippen LogP contribution in [0, 0.1) is 0 Å². The highest BCUT2D eigenvalue weighted by molar-refractivity contribution is 6.29. The Morgan fingerprint density at radius 3 is 2.92 bits per heavy atom. The summed E-state index contributed by atoms with van der Waals surface area (Å²) in [5.74, 6) is 0.432. The molecule has 2 amide bonds. The van der Waals surface area contributed by atoms with Crippen molar-refractivity contribution in [3.8, 4) is 0 Å². The maximum atomic E-state index is 10.8. The van der Waals surface area contributed by atoms with Crippen LogP contribution in [0.25, 0.3) is 0 Å². The second kappa shape index (κ2) is 3.92. The van der Waals surface area contributed by atoms with Crippen molar-refractivity contribution in [2.45, 2.75) is 0 Å². The third-order valence-corrected chi connectivity index (χ3v) is 1.39. The van der Waals surface area contributed by atoms with Crippen molar-refractivity contribution in [2.24, 2.45) is 0 Å². The topological polar surface area (TPSA) is 54.0 Å². The fourth-order valence-corrected chi connectivity index (χ4v) is 0.820. The molecule has 0 saturated heterocycles. The van der Waals surface area contributed by atoms with Crippen LogP contribution >= 0.6 is 11.6 Å². The summed E-state index contributed by atoms with van der Waals surface area (Å²) in [5, 5.41) is 5.24. The third kappa shape index (κ3) is 2.39. The molecule has 1 rings (SSSR count). The second-order valence-corrected chi connectivity index (χ2v) is 2.44. The zero-order valence-corrected chi connectivity index (χ0v) is 7.22. The molecule has 1 heterocycles. The summed E-state index contributed by atoms with van der Waals surface area (Å²) in [7, 11) is 1.53. The molecule has 1 aromatic rings. The van der Waals surface area contributed by atoms with Crippen LogP contribution in [0.2, 0.25) is 5.15 Å². The van der Waals surface area contributed by atoms with Crippen LogP contribution in [0.5, 0.6) is 0 Å². The number of amides is 2. The molecule has 0 radical (unpaired) electrons. The maximum Gasteiger partial charge on any atom is 0.320 e. The first kappa shape index (κ1) is 8.80. The van der Waals surface area contributed by atoms with Crippen LogP contribution in [0.4, 0.5) is 10.6 Å². The fraction of sp³-hybridized carbons (Fsp3) is 0.143. The SMILES string of the molecule is CNC(=O)Nc1cccc(Cl)n1. The van der Waals surface area contributed by atoms with Gasteiger partial charge >= 0.3 is 6.03 Å². The smallest absolute Gasteiger partial charge is 0.320 e. The predicted octanol–water partition coefficient (Wildman–Crippen LogP) is 1.49. The Bertz CT molecular complexity index is 290. The van der Waals surface area contributed by atoms with E-state index in [2.05, 4.69) is 15.6 Å². The zero-order valence-electron chi connectivity index (χ0n) is 6.47. The van der Waals surface area contributed by atoms with Crippen LogP contribution in [-0.2, 0) is 0 Å². The van der Waals surface area contributed by atoms with Crippen molar-refractivity contribution in [1.29, 1.82) is 0 Å². The minimum Gasteiger partial charge on any atom is -0.341 e. The van der Waals surface area contributed by atoms with Gasteiger partial charge in [-0.1, -0.05) is 17.7 Å². The number of nitrogens with one attached hydrogen (secondary N) is 2. The van der Waals surface area contributed by atoms with Gasteiger partial charge in [0.15, 0.2) is 0 Å². The van der Waals surface area contributed by atoms with E-state index in [9.17, 15) is 4.79 Å². The van der Waals surface area contributed by atoms with Crippen molar-refractivity contribution < 1.29 is 4.79 Å². The molecule has 0 saturated carbocycles. The number of carbonyl (C=O) groups excluding carboxylic acids is 1. The summed E-state index contributed by atoms with van der Waals surface area (Å²) in [6.45, 7) is 0. The zero-order chi connectivity index (χ0) is 8.97. The molecule has 0 aliphatic heterocycles.